The van der Waals surface area contributed by atoms with Gasteiger partial charge in [0.2, 0.25) is 5.91 Å². The topological polar surface area (TPSA) is 175 Å². The quantitative estimate of drug-likeness (QED) is 0.0195. The summed E-state index contributed by atoms with van der Waals surface area (Å²) < 4.78 is 17.6. The second-order valence-corrected chi connectivity index (χ2v) is 22.9. The van der Waals surface area contributed by atoms with Gasteiger partial charge < -0.3 is 45.1 Å². The van der Waals surface area contributed by atoms with E-state index in [4.69, 9.17) is 14.2 Å². The van der Waals surface area contributed by atoms with E-state index in [0.717, 1.165) is 64.2 Å². The highest BCUT2D eigenvalue weighted by molar-refractivity contribution is 5.80. The molecule has 1 rings (SSSR count). The van der Waals surface area contributed by atoms with Crippen LogP contribution in [0.4, 0.5) is 0 Å². The Morgan fingerprint density at radius 3 is 1.33 bits per heavy atom. The van der Waals surface area contributed by atoms with Crippen molar-refractivity contribution in [3.63, 3.8) is 0 Å². The highest BCUT2D eigenvalue weighted by Crippen LogP contribution is 2.26. The summed E-state index contributed by atoms with van der Waals surface area (Å²) in [5, 5.41) is 57.0. The molecule has 6 N–H and O–H groups in total. The van der Waals surface area contributed by atoms with Crippen LogP contribution in [0.25, 0.3) is 0 Å². The van der Waals surface area contributed by atoms with Crippen LogP contribution in [0.1, 0.15) is 297 Å². The van der Waals surface area contributed by atoms with Crippen LogP contribution in [-0.2, 0) is 23.8 Å². The van der Waals surface area contributed by atoms with Gasteiger partial charge in [-0.2, -0.15) is 0 Å². The molecule has 1 heterocycles. The van der Waals surface area contributed by atoms with E-state index in [9.17, 15) is 35.1 Å². The molecule has 0 bridgehead atoms. The molecular weight excluding hydrogens is 991 g/mol. The Kier molecular flexibility index (Phi) is 52.6. The fourth-order valence-electron chi connectivity index (χ4n) is 10.2. The number of hydrogen-bond donors (Lipinski definition) is 6. The summed E-state index contributed by atoms with van der Waals surface area (Å²) >= 11 is 0. The van der Waals surface area contributed by atoms with Gasteiger partial charge in [0.15, 0.2) is 12.4 Å². The summed E-state index contributed by atoms with van der Waals surface area (Å²) in [5.41, 5.74) is 0. The first-order valence-electron chi connectivity index (χ1n) is 33.1. The molecule has 0 aliphatic carbocycles. The Morgan fingerprint density at radius 2 is 0.873 bits per heavy atom. The second-order valence-electron chi connectivity index (χ2n) is 22.9. The SMILES string of the molecule is CCCCC/C=C\C/C=C\C/C=C\C/C=C\CCCC(=O)OC1C(OCC(NC(=O)C(O)CCCCCCCCCCCCCCCCCCCCCCCC)C(O)/C=C/CCCCCCCCCCC)OC(CO)C(O)C1O. The van der Waals surface area contributed by atoms with Crippen molar-refractivity contribution < 1.29 is 49.3 Å². The maximum Gasteiger partial charge on any atom is 0.306 e. The minimum Gasteiger partial charge on any atom is -0.454 e. The van der Waals surface area contributed by atoms with Crippen LogP contribution in [0.15, 0.2) is 60.8 Å². The van der Waals surface area contributed by atoms with Crippen LogP contribution >= 0.6 is 0 Å². The number of amides is 1. The lowest BCUT2D eigenvalue weighted by atomic mass is 9.99. The number of hydrogen-bond acceptors (Lipinski definition) is 10. The predicted molar refractivity (Wildman–Crippen MR) is 329 cm³/mol. The van der Waals surface area contributed by atoms with Crippen molar-refractivity contribution >= 4 is 11.9 Å². The molecule has 0 aromatic rings. The Morgan fingerprint density at radius 1 is 0.494 bits per heavy atom. The second kappa shape index (κ2) is 55.9. The van der Waals surface area contributed by atoms with E-state index in [-0.39, 0.29) is 19.4 Å². The van der Waals surface area contributed by atoms with E-state index in [1.165, 1.54) is 180 Å². The van der Waals surface area contributed by atoms with Crippen LogP contribution in [-0.4, -0.2) is 99.6 Å². The summed E-state index contributed by atoms with van der Waals surface area (Å²) in [6, 6.07) is -1.03. The number of rotatable bonds is 56. The summed E-state index contributed by atoms with van der Waals surface area (Å²) in [5.74, 6) is -1.25. The van der Waals surface area contributed by atoms with Gasteiger partial charge >= 0.3 is 5.97 Å². The minimum absolute atomic E-state index is 0.0477. The predicted octanol–water partition coefficient (Wildman–Crippen LogP) is 16.2. The van der Waals surface area contributed by atoms with E-state index >= 15 is 0 Å². The zero-order valence-electron chi connectivity index (χ0n) is 51.0. The summed E-state index contributed by atoms with van der Waals surface area (Å²) in [7, 11) is 0. The van der Waals surface area contributed by atoms with Gasteiger partial charge in [-0.1, -0.05) is 287 Å². The lowest BCUT2D eigenvalue weighted by molar-refractivity contribution is -0.305. The first-order chi connectivity index (χ1) is 38.7. The number of aliphatic hydroxyl groups is 5. The maximum atomic E-state index is 13.4. The molecule has 1 fully saturated rings. The number of ether oxygens (including phenoxy) is 3. The van der Waals surface area contributed by atoms with Crippen molar-refractivity contribution in [2.75, 3.05) is 13.2 Å². The van der Waals surface area contributed by atoms with Crippen molar-refractivity contribution in [2.45, 2.75) is 346 Å². The summed E-state index contributed by atoms with van der Waals surface area (Å²) in [6.45, 7) is 5.75. The van der Waals surface area contributed by atoms with Crippen molar-refractivity contribution in [2.24, 2.45) is 0 Å². The molecule has 11 nitrogen and oxygen atoms in total. The Labute approximate surface area is 484 Å². The lowest BCUT2D eigenvalue weighted by Gasteiger charge is -2.41. The fourth-order valence-corrected chi connectivity index (χ4v) is 10.2. The monoisotopic (exact) mass is 1110 g/mol. The van der Waals surface area contributed by atoms with Gasteiger partial charge in [0, 0.05) is 6.42 Å². The smallest absolute Gasteiger partial charge is 0.306 e. The van der Waals surface area contributed by atoms with Crippen molar-refractivity contribution in [3.05, 3.63) is 60.8 Å². The van der Waals surface area contributed by atoms with Crippen molar-refractivity contribution in [3.8, 4) is 0 Å². The molecule has 0 aromatic heterocycles. The van der Waals surface area contributed by atoms with E-state index in [2.05, 4.69) is 68.6 Å². The largest absolute Gasteiger partial charge is 0.454 e. The number of allylic oxidation sites excluding steroid dienone is 9. The molecule has 11 heteroatoms. The standard InChI is InChI=1S/C68H123NO10/c1-4-7-10-13-16-19-22-24-26-28-29-30-31-32-34-35-37-40-43-46-49-52-55-61(72)67(76)69-59(60(71)54-51-48-45-42-39-21-18-15-12-9-6-3)58-77-68-66(65(75)64(74)62(57-70)78-68)79-63(73)56-53-50-47-44-41-38-36-33-27-25-23-20-17-14-11-8-5-2/h17,20,25,27,36,38,44,47,51,54,59-62,64-66,68,70-72,74-75H,4-16,18-19,21-24,26,28-35,37,39-43,45-46,48-50,52-53,55-58H2,1-3H3,(H,69,76)/b20-17-,27-25-,38-36-,47-44-,54-51+. The van der Waals surface area contributed by atoms with Crippen LogP contribution in [0.5, 0.6) is 0 Å². The molecule has 0 radical (unpaired) electrons. The van der Waals surface area contributed by atoms with Crippen LogP contribution in [0.3, 0.4) is 0 Å². The zero-order valence-corrected chi connectivity index (χ0v) is 51.0. The van der Waals surface area contributed by atoms with Gasteiger partial charge in [0.25, 0.3) is 0 Å². The number of aliphatic hydroxyl groups excluding tert-OH is 5. The third-order valence-electron chi connectivity index (χ3n) is 15.4. The molecule has 8 unspecified atom stereocenters. The summed E-state index contributed by atoms with van der Waals surface area (Å²) in [4.78, 5) is 26.5. The Bertz CT molecular complexity index is 1510. The number of carbonyl (C=O) groups is 2. The van der Waals surface area contributed by atoms with Gasteiger partial charge in [-0.05, 0) is 64.2 Å². The van der Waals surface area contributed by atoms with E-state index in [1.807, 2.05) is 12.2 Å². The molecule has 79 heavy (non-hydrogen) atoms. The fraction of sp³-hybridized carbons (Fsp3) is 0.824. The molecule has 1 aliphatic rings. The van der Waals surface area contributed by atoms with Gasteiger partial charge in [0.05, 0.1) is 25.4 Å². The van der Waals surface area contributed by atoms with Gasteiger partial charge in [-0.3, -0.25) is 9.59 Å². The van der Waals surface area contributed by atoms with E-state index in [1.54, 1.807) is 6.08 Å². The molecule has 1 aliphatic heterocycles. The van der Waals surface area contributed by atoms with E-state index < -0.39 is 67.4 Å². The molecule has 0 aromatic carbocycles. The summed E-state index contributed by atoms with van der Waals surface area (Å²) in [6.07, 6.45) is 59.9. The Balaban J connectivity index is 2.63. The average Bonchev–Trinajstić information content (AvgIpc) is 3.47. The average molecular weight is 1110 g/mol. The minimum atomic E-state index is -1.64. The highest BCUT2D eigenvalue weighted by atomic mass is 16.7. The molecule has 0 spiro atoms. The maximum absolute atomic E-state index is 13.4. The third kappa shape index (κ3) is 43.7. The van der Waals surface area contributed by atoms with E-state index in [0.29, 0.717) is 19.3 Å². The van der Waals surface area contributed by atoms with Gasteiger partial charge in [0.1, 0.15) is 24.4 Å². The van der Waals surface area contributed by atoms with Gasteiger partial charge in [-0.15, -0.1) is 0 Å². The zero-order chi connectivity index (χ0) is 57.5. The number of carbonyl (C=O) groups excluding carboxylic acids is 2. The van der Waals surface area contributed by atoms with Crippen LogP contribution in [0, 0.1) is 0 Å². The third-order valence-corrected chi connectivity index (χ3v) is 15.4. The number of esters is 1. The molecule has 8 atom stereocenters. The van der Waals surface area contributed by atoms with Gasteiger partial charge in [-0.25, -0.2) is 0 Å². The van der Waals surface area contributed by atoms with Crippen LogP contribution < -0.4 is 5.32 Å². The molecule has 1 saturated heterocycles. The lowest BCUT2D eigenvalue weighted by Crippen LogP contribution is -2.61. The molecule has 1 amide bonds. The van der Waals surface area contributed by atoms with Crippen molar-refractivity contribution in [1.29, 1.82) is 0 Å². The molecule has 460 valence electrons. The molecular formula is C68H123NO10. The first kappa shape index (κ1) is 74.4. The highest BCUT2D eigenvalue weighted by Gasteiger charge is 2.47. The Hall–Kier alpha value is -2.64. The van der Waals surface area contributed by atoms with Crippen LogP contribution in [0.2, 0.25) is 0 Å². The normalized spacial score (nSPS) is 19.2. The number of unbranched alkanes of at least 4 members (excludes halogenated alkanes) is 34. The van der Waals surface area contributed by atoms with Crippen molar-refractivity contribution in [1.82, 2.24) is 5.32 Å². The first-order valence-corrected chi connectivity index (χ1v) is 33.1. The number of nitrogens with one attached hydrogen (secondary N) is 1. The molecule has 0 saturated carbocycles.